The van der Waals surface area contributed by atoms with Gasteiger partial charge in [-0.2, -0.15) is 0 Å². The van der Waals surface area contributed by atoms with Gasteiger partial charge >= 0.3 is 5.97 Å². The van der Waals surface area contributed by atoms with Crippen LogP contribution >= 0.6 is 23.5 Å². The Hall–Kier alpha value is -0.920. The van der Waals surface area contributed by atoms with Crippen LogP contribution in [-0.4, -0.2) is 39.1 Å². The maximum absolute atomic E-state index is 11.5. The quantitative estimate of drug-likeness (QED) is 0.713. The first-order valence-corrected chi connectivity index (χ1v) is 6.45. The van der Waals surface area contributed by atoms with Gasteiger partial charge in [-0.3, -0.25) is 9.69 Å². The van der Waals surface area contributed by atoms with E-state index in [9.17, 15) is 9.59 Å². The standard InChI is InChI=1S/C9H10N2O3S2/c1-2-15-4-3-16-8-5(10)7(12)11(8)6(4)9(13)14/h2,5,8H,1,3,10H2,(H,13,14)/t5?,8-/m0/s1. The third kappa shape index (κ3) is 1.55. The second-order valence-electron chi connectivity index (χ2n) is 3.30. The number of thioether (sulfide) groups is 2. The average Bonchev–Trinajstić information content (AvgIpc) is 2.27. The third-order valence-corrected chi connectivity index (χ3v) is 4.68. The van der Waals surface area contributed by atoms with Gasteiger partial charge in [0.1, 0.15) is 17.1 Å². The van der Waals surface area contributed by atoms with Crippen LogP contribution in [0.25, 0.3) is 0 Å². The molecule has 2 heterocycles. The monoisotopic (exact) mass is 258 g/mol. The molecule has 1 amide bonds. The molecule has 0 aromatic carbocycles. The van der Waals surface area contributed by atoms with Crippen LogP contribution in [0.4, 0.5) is 0 Å². The zero-order valence-electron chi connectivity index (χ0n) is 8.25. The molecule has 0 radical (unpaired) electrons. The first-order chi connectivity index (χ1) is 7.57. The minimum atomic E-state index is -1.09. The molecule has 2 rings (SSSR count). The number of carbonyl (C=O) groups excluding carboxylic acids is 1. The number of amides is 1. The number of rotatable bonds is 3. The minimum absolute atomic E-state index is 0.0559. The van der Waals surface area contributed by atoms with Crippen molar-refractivity contribution in [2.45, 2.75) is 11.4 Å². The number of aliphatic carboxylic acids is 1. The van der Waals surface area contributed by atoms with E-state index in [0.29, 0.717) is 10.7 Å². The van der Waals surface area contributed by atoms with Crippen molar-refractivity contribution in [1.29, 1.82) is 0 Å². The van der Waals surface area contributed by atoms with Crippen LogP contribution in [0.1, 0.15) is 0 Å². The van der Waals surface area contributed by atoms with E-state index in [1.807, 2.05) is 0 Å². The van der Waals surface area contributed by atoms with Crippen LogP contribution in [0.3, 0.4) is 0 Å². The summed E-state index contributed by atoms with van der Waals surface area (Å²) in [7, 11) is 0. The van der Waals surface area contributed by atoms with Crippen LogP contribution in [-0.2, 0) is 9.59 Å². The van der Waals surface area contributed by atoms with E-state index in [1.165, 1.54) is 28.4 Å². The summed E-state index contributed by atoms with van der Waals surface area (Å²) in [6.07, 6.45) is 0. The molecular weight excluding hydrogens is 248 g/mol. The lowest BCUT2D eigenvalue weighted by Crippen LogP contribution is -2.68. The molecule has 2 aliphatic rings. The van der Waals surface area contributed by atoms with Gasteiger partial charge in [0, 0.05) is 10.7 Å². The molecule has 0 spiro atoms. The van der Waals surface area contributed by atoms with Crippen molar-refractivity contribution in [1.82, 2.24) is 4.90 Å². The molecule has 0 aliphatic carbocycles. The van der Waals surface area contributed by atoms with Crippen LogP contribution in [0.15, 0.2) is 22.6 Å². The number of carboxylic acid groups (broad SMARTS) is 1. The van der Waals surface area contributed by atoms with Gasteiger partial charge in [0.25, 0.3) is 0 Å². The molecule has 0 saturated carbocycles. The number of hydrogen-bond acceptors (Lipinski definition) is 5. The van der Waals surface area contributed by atoms with Gasteiger partial charge in [-0.15, -0.1) is 11.8 Å². The molecule has 1 fully saturated rings. The fourth-order valence-electron chi connectivity index (χ4n) is 1.68. The molecule has 16 heavy (non-hydrogen) atoms. The summed E-state index contributed by atoms with van der Waals surface area (Å²) in [4.78, 5) is 24.6. The fraction of sp³-hybridized carbons (Fsp3) is 0.333. The Balaban J connectivity index is 2.37. The Bertz CT molecular complexity index is 408. The second-order valence-corrected chi connectivity index (χ2v) is 5.46. The van der Waals surface area contributed by atoms with Crippen LogP contribution < -0.4 is 5.73 Å². The van der Waals surface area contributed by atoms with Crippen molar-refractivity contribution in [3.8, 4) is 0 Å². The molecule has 3 N–H and O–H groups in total. The van der Waals surface area contributed by atoms with E-state index in [4.69, 9.17) is 10.8 Å². The van der Waals surface area contributed by atoms with E-state index in [0.717, 1.165) is 0 Å². The number of hydrogen-bond donors (Lipinski definition) is 2. The van der Waals surface area contributed by atoms with Crippen molar-refractivity contribution in [3.05, 3.63) is 22.6 Å². The number of carbonyl (C=O) groups is 2. The lowest BCUT2D eigenvalue weighted by Gasteiger charge is -2.47. The normalized spacial score (nSPS) is 28.6. The Morgan fingerprint density at radius 1 is 1.75 bits per heavy atom. The van der Waals surface area contributed by atoms with Crippen LogP contribution in [0.2, 0.25) is 0 Å². The Morgan fingerprint density at radius 3 is 3.00 bits per heavy atom. The summed E-state index contributed by atoms with van der Waals surface area (Å²) in [5, 5.41) is 10.4. The van der Waals surface area contributed by atoms with Crippen molar-refractivity contribution >= 4 is 35.4 Å². The molecule has 86 valence electrons. The lowest BCUT2D eigenvalue weighted by molar-refractivity contribution is -0.147. The van der Waals surface area contributed by atoms with Crippen molar-refractivity contribution in [2.24, 2.45) is 5.73 Å². The predicted octanol–water partition coefficient (Wildman–Crippen LogP) is 0.402. The topological polar surface area (TPSA) is 83.6 Å². The predicted molar refractivity (Wildman–Crippen MR) is 63.5 cm³/mol. The maximum atomic E-state index is 11.5. The highest BCUT2D eigenvalue weighted by Crippen LogP contribution is 2.42. The number of nitrogens with zero attached hydrogens (tertiary/aromatic N) is 1. The highest BCUT2D eigenvalue weighted by Gasteiger charge is 2.51. The molecule has 5 nitrogen and oxygen atoms in total. The van der Waals surface area contributed by atoms with Crippen molar-refractivity contribution in [2.75, 3.05) is 5.75 Å². The molecule has 1 saturated heterocycles. The second kappa shape index (κ2) is 4.15. The van der Waals surface area contributed by atoms with Gasteiger partial charge in [0.05, 0.1) is 0 Å². The summed E-state index contributed by atoms with van der Waals surface area (Å²) < 4.78 is 0. The zero-order valence-corrected chi connectivity index (χ0v) is 9.88. The molecular formula is C9H10N2O3S2. The number of β-lactam (4-membered cyclic amide) rings is 1. The smallest absolute Gasteiger partial charge is 0.353 e. The third-order valence-electron chi connectivity index (χ3n) is 2.40. The molecule has 7 heteroatoms. The van der Waals surface area contributed by atoms with Crippen molar-refractivity contribution in [3.63, 3.8) is 0 Å². The number of carboxylic acids is 1. The van der Waals surface area contributed by atoms with E-state index < -0.39 is 12.0 Å². The molecule has 2 atom stereocenters. The van der Waals surface area contributed by atoms with E-state index in [1.54, 1.807) is 5.41 Å². The molecule has 0 aromatic rings. The SMILES string of the molecule is C=CSC1=C(C(=O)O)N2C(=O)C(N)[C@@H]2SC1. The summed E-state index contributed by atoms with van der Waals surface area (Å²) in [5.41, 5.74) is 5.66. The Morgan fingerprint density at radius 2 is 2.44 bits per heavy atom. The largest absolute Gasteiger partial charge is 0.477 e. The summed E-state index contributed by atoms with van der Waals surface area (Å²) in [6, 6.07) is -0.574. The Kier molecular flexibility index (Phi) is 3.00. The van der Waals surface area contributed by atoms with Crippen molar-refractivity contribution < 1.29 is 14.7 Å². The first-order valence-electron chi connectivity index (χ1n) is 4.52. The molecule has 1 unspecified atom stereocenters. The van der Waals surface area contributed by atoms with Gasteiger partial charge in [-0.1, -0.05) is 18.3 Å². The van der Waals surface area contributed by atoms with Gasteiger partial charge in [-0.05, 0) is 5.41 Å². The highest BCUT2D eigenvalue weighted by atomic mass is 32.2. The van der Waals surface area contributed by atoms with E-state index >= 15 is 0 Å². The van der Waals surface area contributed by atoms with E-state index in [-0.39, 0.29) is 17.0 Å². The summed E-state index contributed by atoms with van der Waals surface area (Å²) in [5.74, 6) is -0.854. The van der Waals surface area contributed by atoms with Gasteiger partial charge < -0.3 is 10.8 Å². The molecule has 0 bridgehead atoms. The average molecular weight is 258 g/mol. The van der Waals surface area contributed by atoms with Gasteiger partial charge in [0.15, 0.2) is 0 Å². The Labute approximate surface area is 101 Å². The number of nitrogens with two attached hydrogens (primary N) is 1. The maximum Gasteiger partial charge on any atom is 0.353 e. The minimum Gasteiger partial charge on any atom is -0.477 e. The van der Waals surface area contributed by atoms with Gasteiger partial charge in [0.2, 0.25) is 5.91 Å². The first kappa shape index (κ1) is 11.6. The van der Waals surface area contributed by atoms with Crippen LogP contribution in [0, 0.1) is 0 Å². The zero-order chi connectivity index (χ0) is 11.9. The van der Waals surface area contributed by atoms with Crippen LogP contribution in [0.5, 0.6) is 0 Å². The highest BCUT2D eigenvalue weighted by molar-refractivity contribution is 8.08. The van der Waals surface area contributed by atoms with Gasteiger partial charge in [-0.25, -0.2) is 4.79 Å². The summed E-state index contributed by atoms with van der Waals surface area (Å²) in [6.45, 7) is 3.54. The summed E-state index contributed by atoms with van der Waals surface area (Å²) >= 11 is 2.72. The lowest BCUT2D eigenvalue weighted by atomic mass is 10.1. The fourth-order valence-corrected chi connectivity index (χ4v) is 3.79. The number of fused-ring (bicyclic) bond motifs is 1. The molecule has 2 aliphatic heterocycles. The molecule has 0 aromatic heterocycles. The van der Waals surface area contributed by atoms with E-state index in [2.05, 4.69) is 6.58 Å².